The van der Waals surface area contributed by atoms with Crippen molar-refractivity contribution in [2.24, 2.45) is 0 Å². The van der Waals surface area contributed by atoms with Crippen molar-refractivity contribution < 1.29 is 33.4 Å². The van der Waals surface area contributed by atoms with Crippen molar-refractivity contribution in [3.63, 3.8) is 0 Å². The van der Waals surface area contributed by atoms with E-state index >= 15 is 0 Å². The number of aliphatic carboxylic acids is 1. The van der Waals surface area contributed by atoms with E-state index in [2.05, 4.69) is 5.32 Å². The van der Waals surface area contributed by atoms with Crippen molar-refractivity contribution in [2.75, 3.05) is 26.8 Å². The smallest absolute Gasteiger partial charge is 0.305 e. The molecule has 0 fully saturated rings. The van der Waals surface area contributed by atoms with Gasteiger partial charge in [0.05, 0.1) is 32.9 Å². The maximum absolute atomic E-state index is 14.0. The summed E-state index contributed by atoms with van der Waals surface area (Å²) in [6, 6.07) is 23.2. The molecule has 0 unspecified atom stereocenters. The molecule has 0 aliphatic carbocycles. The predicted octanol–water partition coefficient (Wildman–Crippen LogP) is 5.44. The summed E-state index contributed by atoms with van der Waals surface area (Å²) in [5.74, 6) is 0.207. The molecule has 1 aromatic heterocycles. The third-order valence-electron chi connectivity index (χ3n) is 6.70. The predicted molar refractivity (Wildman–Crippen MR) is 158 cm³/mol. The molecule has 0 spiro atoms. The van der Waals surface area contributed by atoms with E-state index in [1.54, 1.807) is 74.0 Å². The first-order valence-electron chi connectivity index (χ1n) is 13.7. The Morgan fingerprint density at radius 1 is 0.881 bits per heavy atom. The van der Waals surface area contributed by atoms with Crippen molar-refractivity contribution in [1.82, 2.24) is 10.2 Å². The summed E-state index contributed by atoms with van der Waals surface area (Å²) in [5.41, 5.74) is 2.86. The normalized spacial score (nSPS) is 10.6. The van der Waals surface area contributed by atoms with Crippen LogP contribution in [0.5, 0.6) is 11.5 Å². The highest BCUT2D eigenvalue weighted by Gasteiger charge is 2.23. The molecule has 1 heterocycles. The molecule has 2 amide bonds. The highest BCUT2D eigenvalue weighted by atomic mass is 16.5. The molecule has 4 aromatic rings. The lowest BCUT2D eigenvalue weighted by atomic mass is 9.94. The number of hydrogen-bond donors (Lipinski definition) is 2. The summed E-state index contributed by atoms with van der Waals surface area (Å²) < 4.78 is 16.4. The second kappa shape index (κ2) is 14.5. The highest BCUT2D eigenvalue weighted by Crippen LogP contribution is 2.30. The van der Waals surface area contributed by atoms with Crippen LogP contribution in [0.2, 0.25) is 0 Å². The number of carboxylic acids is 1. The number of carboxylic acid groups (broad SMARTS) is 1. The molecule has 0 radical (unpaired) electrons. The van der Waals surface area contributed by atoms with Gasteiger partial charge >= 0.3 is 5.97 Å². The van der Waals surface area contributed by atoms with Crippen LogP contribution in [-0.4, -0.2) is 54.6 Å². The Labute approximate surface area is 244 Å². The topological polar surface area (TPSA) is 118 Å². The van der Waals surface area contributed by atoms with Crippen LogP contribution in [0.1, 0.15) is 45.4 Å². The number of carbonyl (C=O) groups excluding carboxylic acids is 2. The summed E-state index contributed by atoms with van der Waals surface area (Å²) >= 11 is 0. The van der Waals surface area contributed by atoms with Crippen molar-refractivity contribution in [3.05, 3.63) is 108 Å². The van der Waals surface area contributed by atoms with Gasteiger partial charge in [-0.2, -0.15) is 0 Å². The first kappa shape index (κ1) is 29.9. The molecular weight excluding hydrogens is 536 g/mol. The largest absolute Gasteiger partial charge is 0.493 e. The third-order valence-corrected chi connectivity index (χ3v) is 6.70. The number of nitrogens with one attached hydrogen (secondary N) is 1. The molecule has 42 heavy (non-hydrogen) atoms. The summed E-state index contributed by atoms with van der Waals surface area (Å²) in [7, 11) is 1.57. The van der Waals surface area contributed by atoms with E-state index in [1.807, 2.05) is 25.1 Å². The monoisotopic (exact) mass is 570 g/mol. The molecule has 0 atom stereocenters. The van der Waals surface area contributed by atoms with Crippen LogP contribution in [0.25, 0.3) is 11.1 Å². The number of rotatable bonds is 14. The lowest BCUT2D eigenvalue weighted by molar-refractivity contribution is -0.137. The zero-order valence-electron chi connectivity index (χ0n) is 23.7. The fourth-order valence-corrected chi connectivity index (χ4v) is 4.62. The first-order chi connectivity index (χ1) is 20.4. The standard InChI is InChI=1S/C33H34N2O7/c1-3-41-29-15-14-23(21-30(29)40-2)16-18-35(19-17-31(36)37)33(39)28-13-7-5-11-26(28)25-10-4-6-12-27(25)32(38)34-22-24-9-8-20-42-24/h4-15,20-21H,3,16-19,22H2,1-2H3,(H,34,38)(H,36,37). The van der Waals surface area contributed by atoms with Crippen LogP contribution in [0.4, 0.5) is 0 Å². The van der Waals surface area contributed by atoms with Gasteiger partial charge in [-0.25, -0.2) is 0 Å². The Kier molecular flexibility index (Phi) is 10.4. The van der Waals surface area contributed by atoms with Gasteiger partial charge in [0, 0.05) is 24.2 Å². The average Bonchev–Trinajstić information content (AvgIpc) is 3.54. The second-order valence-electron chi connectivity index (χ2n) is 9.46. The van der Waals surface area contributed by atoms with Gasteiger partial charge in [0.15, 0.2) is 11.5 Å². The Balaban J connectivity index is 1.60. The van der Waals surface area contributed by atoms with Gasteiger partial charge in [-0.15, -0.1) is 0 Å². The minimum atomic E-state index is -0.998. The quantitative estimate of drug-likeness (QED) is 0.207. The lowest BCUT2D eigenvalue weighted by Crippen LogP contribution is -2.35. The van der Waals surface area contributed by atoms with E-state index < -0.39 is 5.97 Å². The Morgan fingerprint density at radius 2 is 1.60 bits per heavy atom. The van der Waals surface area contributed by atoms with Gasteiger partial charge < -0.3 is 29.2 Å². The summed E-state index contributed by atoms with van der Waals surface area (Å²) in [4.78, 5) is 40.1. The molecule has 0 saturated heterocycles. The highest BCUT2D eigenvalue weighted by molar-refractivity contribution is 6.06. The average molecular weight is 571 g/mol. The van der Waals surface area contributed by atoms with Gasteiger partial charge in [-0.1, -0.05) is 42.5 Å². The van der Waals surface area contributed by atoms with Gasteiger partial charge in [0.25, 0.3) is 11.8 Å². The van der Waals surface area contributed by atoms with Crippen LogP contribution < -0.4 is 14.8 Å². The number of hydrogen-bond acceptors (Lipinski definition) is 6. The minimum absolute atomic E-state index is 0.0297. The molecule has 0 aliphatic heterocycles. The Morgan fingerprint density at radius 3 is 2.26 bits per heavy atom. The van der Waals surface area contributed by atoms with E-state index in [1.165, 1.54) is 4.90 Å². The molecule has 9 nitrogen and oxygen atoms in total. The maximum atomic E-state index is 14.0. The molecular formula is C33H34N2O7. The van der Waals surface area contributed by atoms with E-state index in [-0.39, 0.29) is 37.9 Å². The van der Waals surface area contributed by atoms with Gasteiger partial charge in [-0.3, -0.25) is 14.4 Å². The number of benzene rings is 3. The van der Waals surface area contributed by atoms with Crippen LogP contribution in [0.3, 0.4) is 0 Å². The molecule has 9 heteroatoms. The zero-order chi connectivity index (χ0) is 29.9. The van der Waals surface area contributed by atoms with Gasteiger partial charge in [0.2, 0.25) is 0 Å². The zero-order valence-corrected chi connectivity index (χ0v) is 23.7. The van der Waals surface area contributed by atoms with E-state index in [0.29, 0.717) is 52.5 Å². The van der Waals surface area contributed by atoms with Crippen molar-refractivity contribution in [1.29, 1.82) is 0 Å². The summed E-state index contributed by atoms with van der Waals surface area (Å²) in [6.45, 7) is 2.93. The lowest BCUT2D eigenvalue weighted by Gasteiger charge is -2.24. The molecule has 2 N–H and O–H groups in total. The molecule has 0 saturated carbocycles. The van der Waals surface area contributed by atoms with E-state index in [0.717, 1.165) is 5.56 Å². The van der Waals surface area contributed by atoms with Crippen molar-refractivity contribution >= 4 is 17.8 Å². The third kappa shape index (κ3) is 7.57. The fourth-order valence-electron chi connectivity index (χ4n) is 4.62. The molecule has 0 aliphatic rings. The van der Waals surface area contributed by atoms with Crippen LogP contribution in [0, 0.1) is 0 Å². The maximum Gasteiger partial charge on any atom is 0.305 e. The summed E-state index contributed by atoms with van der Waals surface area (Å²) in [6.07, 6.45) is 1.81. The van der Waals surface area contributed by atoms with Crippen molar-refractivity contribution in [3.8, 4) is 22.6 Å². The Bertz CT molecular complexity index is 1510. The summed E-state index contributed by atoms with van der Waals surface area (Å²) in [5, 5.41) is 12.2. The van der Waals surface area contributed by atoms with Crippen LogP contribution in [0.15, 0.2) is 89.5 Å². The number of carbonyl (C=O) groups is 3. The molecule has 4 rings (SSSR count). The molecule has 0 bridgehead atoms. The van der Waals surface area contributed by atoms with Crippen LogP contribution in [-0.2, 0) is 17.8 Å². The van der Waals surface area contributed by atoms with Gasteiger partial charge in [-0.05, 0) is 66.4 Å². The van der Waals surface area contributed by atoms with Crippen LogP contribution >= 0.6 is 0 Å². The molecule has 218 valence electrons. The number of nitrogens with zero attached hydrogens (tertiary/aromatic N) is 1. The minimum Gasteiger partial charge on any atom is -0.493 e. The van der Waals surface area contributed by atoms with E-state index in [4.69, 9.17) is 13.9 Å². The first-order valence-corrected chi connectivity index (χ1v) is 13.7. The van der Waals surface area contributed by atoms with E-state index in [9.17, 15) is 19.5 Å². The number of methoxy groups -OCH3 is 1. The fraction of sp³-hybridized carbons (Fsp3) is 0.242. The Hall–Kier alpha value is -5.05. The number of ether oxygens (including phenoxy) is 2. The second-order valence-corrected chi connectivity index (χ2v) is 9.46. The number of amides is 2. The molecule has 3 aromatic carbocycles. The van der Waals surface area contributed by atoms with Gasteiger partial charge in [0.1, 0.15) is 5.76 Å². The SMILES string of the molecule is CCOc1ccc(CCN(CCC(=O)O)C(=O)c2ccccc2-c2ccccc2C(=O)NCc2ccco2)cc1OC. The van der Waals surface area contributed by atoms with Crippen molar-refractivity contribution in [2.45, 2.75) is 26.3 Å². The number of furan rings is 1.